The summed E-state index contributed by atoms with van der Waals surface area (Å²) in [6.45, 7) is 4.07. The van der Waals surface area contributed by atoms with Crippen molar-refractivity contribution in [1.29, 1.82) is 0 Å². The van der Waals surface area contributed by atoms with Crippen LogP contribution in [0, 0.1) is 11.8 Å². The SMILES string of the molecule is CCCCC(C(=O)O)N([C@@H](CC1CCCCC1)C(=O)NC1CCCC(C)C1)S(N)(=O)=O. The number of carboxylic acids is 1. The van der Waals surface area contributed by atoms with Crippen LogP contribution in [0.1, 0.15) is 97.3 Å². The number of unbranched alkanes of at least 4 members (excludes halogenated alkanes) is 1. The van der Waals surface area contributed by atoms with Crippen molar-refractivity contribution in [2.45, 2.75) is 115 Å². The van der Waals surface area contributed by atoms with Gasteiger partial charge in [-0.1, -0.05) is 71.6 Å². The zero-order chi connectivity index (χ0) is 23.0. The van der Waals surface area contributed by atoms with E-state index >= 15 is 0 Å². The summed E-state index contributed by atoms with van der Waals surface area (Å²) in [5.74, 6) is -0.960. The van der Waals surface area contributed by atoms with Crippen LogP contribution in [-0.4, -0.2) is 47.8 Å². The minimum Gasteiger partial charge on any atom is -0.480 e. The maximum absolute atomic E-state index is 13.4. The van der Waals surface area contributed by atoms with Gasteiger partial charge in [0.1, 0.15) is 12.1 Å². The number of nitrogens with zero attached hydrogens (tertiary/aromatic N) is 1. The molecule has 0 aliphatic heterocycles. The van der Waals surface area contributed by atoms with Gasteiger partial charge in [-0.25, -0.2) is 5.14 Å². The Morgan fingerprint density at radius 3 is 2.32 bits per heavy atom. The van der Waals surface area contributed by atoms with Crippen LogP contribution < -0.4 is 10.5 Å². The molecule has 0 spiro atoms. The van der Waals surface area contributed by atoms with E-state index in [1.807, 2.05) is 6.92 Å². The molecular formula is C22H41N3O5S. The van der Waals surface area contributed by atoms with Crippen molar-refractivity contribution >= 4 is 22.1 Å². The molecule has 0 aromatic rings. The minimum atomic E-state index is -4.39. The van der Waals surface area contributed by atoms with Gasteiger partial charge < -0.3 is 10.4 Å². The molecule has 3 unspecified atom stereocenters. The first-order chi connectivity index (χ1) is 14.6. The highest BCUT2D eigenvalue weighted by molar-refractivity contribution is 7.86. The Hall–Kier alpha value is -1.19. The van der Waals surface area contributed by atoms with Crippen molar-refractivity contribution in [1.82, 2.24) is 9.62 Å². The number of nitrogens with two attached hydrogens (primary N) is 1. The fourth-order valence-corrected chi connectivity index (χ4v) is 6.34. The molecule has 0 bridgehead atoms. The standard InChI is InChI=1S/C22H41N3O5S/c1-3-4-13-19(22(27)28)25(31(23,29)30)20(15-17-10-6-5-7-11-17)21(26)24-18-12-8-9-16(2)14-18/h16-20H,3-15H2,1-2H3,(H,24,26)(H,27,28)(H2,23,29,30)/t16?,18?,19?,20-/m0/s1. The van der Waals surface area contributed by atoms with Crippen molar-refractivity contribution < 1.29 is 23.1 Å². The van der Waals surface area contributed by atoms with Crippen molar-refractivity contribution in [3.8, 4) is 0 Å². The predicted octanol–water partition coefficient (Wildman–Crippen LogP) is 3.17. The zero-order valence-electron chi connectivity index (χ0n) is 19.1. The van der Waals surface area contributed by atoms with E-state index in [9.17, 15) is 23.1 Å². The number of hydrogen-bond donors (Lipinski definition) is 3. The van der Waals surface area contributed by atoms with Gasteiger partial charge in [0.15, 0.2) is 0 Å². The van der Waals surface area contributed by atoms with Crippen molar-refractivity contribution in [3.63, 3.8) is 0 Å². The molecule has 0 saturated heterocycles. The minimum absolute atomic E-state index is 0.00801. The van der Waals surface area contributed by atoms with E-state index < -0.39 is 34.2 Å². The first-order valence-corrected chi connectivity index (χ1v) is 13.5. The van der Waals surface area contributed by atoms with Gasteiger partial charge in [-0.3, -0.25) is 9.59 Å². The molecule has 0 heterocycles. The van der Waals surface area contributed by atoms with E-state index in [1.165, 1.54) is 0 Å². The number of carbonyl (C=O) groups excluding carboxylic acids is 1. The molecular weight excluding hydrogens is 418 g/mol. The molecule has 0 radical (unpaired) electrons. The molecule has 9 heteroatoms. The third kappa shape index (κ3) is 8.02. The number of aliphatic carboxylic acids is 1. The average molecular weight is 460 g/mol. The fraction of sp³-hybridized carbons (Fsp3) is 0.909. The molecule has 2 saturated carbocycles. The summed E-state index contributed by atoms with van der Waals surface area (Å²) in [5, 5.41) is 18.4. The molecule has 2 aliphatic carbocycles. The maximum Gasteiger partial charge on any atom is 0.322 e. The molecule has 8 nitrogen and oxygen atoms in total. The second-order valence-electron chi connectivity index (χ2n) is 9.60. The number of amides is 1. The third-order valence-corrected chi connectivity index (χ3v) is 7.99. The molecule has 4 atom stereocenters. The smallest absolute Gasteiger partial charge is 0.322 e. The second kappa shape index (κ2) is 12.2. The number of carbonyl (C=O) groups is 2. The summed E-state index contributed by atoms with van der Waals surface area (Å²) in [4.78, 5) is 25.5. The molecule has 4 N–H and O–H groups in total. The molecule has 1 amide bonds. The van der Waals surface area contributed by atoms with Crippen LogP contribution in [0.2, 0.25) is 0 Å². The summed E-state index contributed by atoms with van der Waals surface area (Å²) in [5.41, 5.74) is 0. The normalized spacial score (nSPS) is 25.2. The first kappa shape index (κ1) is 26.1. The Labute approximate surface area is 187 Å². The number of rotatable bonds is 11. The van der Waals surface area contributed by atoms with E-state index in [4.69, 9.17) is 5.14 Å². The molecule has 180 valence electrons. The lowest BCUT2D eigenvalue weighted by molar-refractivity contribution is -0.143. The molecule has 0 aromatic heterocycles. The van der Waals surface area contributed by atoms with Crippen LogP contribution in [0.25, 0.3) is 0 Å². The highest BCUT2D eigenvalue weighted by Crippen LogP contribution is 2.31. The summed E-state index contributed by atoms with van der Waals surface area (Å²) in [6, 6.07) is -2.43. The van der Waals surface area contributed by atoms with Crippen LogP contribution in [-0.2, 0) is 19.8 Å². The second-order valence-corrected chi connectivity index (χ2v) is 11.1. The summed E-state index contributed by atoms with van der Waals surface area (Å²) in [7, 11) is -4.39. The van der Waals surface area contributed by atoms with E-state index in [0.717, 1.165) is 68.5 Å². The topological polar surface area (TPSA) is 130 Å². The van der Waals surface area contributed by atoms with Gasteiger partial charge in [0.2, 0.25) is 5.91 Å². The molecule has 2 aliphatic rings. The number of hydrogen-bond acceptors (Lipinski definition) is 4. The van der Waals surface area contributed by atoms with Crippen LogP contribution in [0.4, 0.5) is 0 Å². The Morgan fingerprint density at radius 1 is 1.10 bits per heavy atom. The van der Waals surface area contributed by atoms with Crippen molar-refractivity contribution in [2.75, 3.05) is 0 Å². The Morgan fingerprint density at radius 2 is 1.77 bits per heavy atom. The van der Waals surface area contributed by atoms with Gasteiger partial charge in [-0.15, -0.1) is 0 Å². The Bertz CT molecular complexity index is 693. The van der Waals surface area contributed by atoms with Crippen LogP contribution >= 0.6 is 0 Å². The molecule has 0 aromatic carbocycles. The summed E-state index contributed by atoms with van der Waals surface area (Å²) in [6.07, 6.45) is 10.7. The lowest BCUT2D eigenvalue weighted by Gasteiger charge is -2.37. The van der Waals surface area contributed by atoms with E-state index in [1.54, 1.807) is 0 Å². The highest BCUT2D eigenvalue weighted by atomic mass is 32.2. The van der Waals surface area contributed by atoms with Gasteiger partial charge in [-0.05, 0) is 37.5 Å². The Balaban J connectivity index is 2.32. The van der Waals surface area contributed by atoms with Gasteiger partial charge in [-0.2, -0.15) is 12.7 Å². The largest absolute Gasteiger partial charge is 0.480 e. The Kier molecular flexibility index (Phi) is 10.2. The van der Waals surface area contributed by atoms with E-state index in [0.29, 0.717) is 18.8 Å². The number of nitrogens with one attached hydrogen (secondary N) is 1. The molecule has 2 rings (SSSR count). The van der Waals surface area contributed by atoms with Crippen molar-refractivity contribution in [3.05, 3.63) is 0 Å². The van der Waals surface area contributed by atoms with Crippen LogP contribution in [0.5, 0.6) is 0 Å². The van der Waals surface area contributed by atoms with Crippen LogP contribution in [0.15, 0.2) is 0 Å². The third-order valence-electron chi connectivity index (χ3n) is 6.89. The quantitative estimate of drug-likeness (QED) is 0.437. The highest BCUT2D eigenvalue weighted by Gasteiger charge is 2.43. The molecule has 31 heavy (non-hydrogen) atoms. The van der Waals surface area contributed by atoms with Crippen molar-refractivity contribution in [2.24, 2.45) is 17.0 Å². The zero-order valence-corrected chi connectivity index (χ0v) is 19.9. The summed E-state index contributed by atoms with van der Waals surface area (Å²) < 4.78 is 26.1. The maximum atomic E-state index is 13.4. The van der Waals surface area contributed by atoms with Crippen LogP contribution in [0.3, 0.4) is 0 Å². The van der Waals surface area contributed by atoms with Gasteiger partial charge in [0.05, 0.1) is 0 Å². The predicted molar refractivity (Wildman–Crippen MR) is 120 cm³/mol. The number of carboxylic acid groups (broad SMARTS) is 1. The fourth-order valence-electron chi connectivity index (χ4n) is 5.26. The molecule has 2 fully saturated rings. The lowest BCUT2D eigenvalue weighted by Crippen LogP contribution is -2.59. The van der Waals surface area contributed by atoms with Gasteiger partial charge in [0, 0.05) is 6.04 Å². The monoisotopic (exact) mass is 459 g/mol. The summed E-state index contributed by atoms with van der Waals surface area (Å²) >= 11 is 0. The average Bonchev–Trinajstić information content (AvgIpc) is 2.69. The van der Waals surface area contributed by atoms with E-state index in [2.05, 4.69) is 12.2 Å². The van der Waals surface area contributed by atoms with Gasteiger partial charge >= 0.3 is 5.97 Å². The van der Waals surface area contributed by atoms with E-state index in [-0.39, 0.29) is 18.4 Å². The lowest BCUT2D eigenvalue weighted by atomic mass is 9.83. The first-order valence-electron chi connectivity index (χ1n) is 12.0. The van der Waals surface area contributed by atoms with Gasteiger partial charge in [0.25, 0.3) is 10.2 Å².